The van der Waals surface area contributed by atoms with Crippen LogP contribution in [-0.2, 0) is 9.53 Å². The summed E-state index contributed by atoms with van der Waals surface area (Å²) < 4.78 is 5.82. The highest BCUT2D eigenvalue weighted by Gasteiger charge is 2.39. The molecular formula is C15H23N3O2S. The molecule has 2 fully saturated rings. The smallest absolute Gasteiger partial charge is 0.241 e. The molecule has 116 valence electrons. The first-order valence-corrected chi connectivity index (χ1v) is 8.29. The molecule has 0 aromatic carbocycles. The second-order valence-corrected chi connectivity index (χ2v) is 7.30. The number of nitrogens with zero attached hydrogens (tertiary/aromatic N) is 2. The van der Waals surface area contributed by atoms with Gasteiger partial charge in [-0.1, -0.05) is 0 Å². The zero-order valence-corrected chi connectivity index (χ0v) is 13.7. The normalized spacial score (nSPS) is 31.1. The Morgan fingerprint density at radius 1 is 1.48 bits per heavy atom. The highest BCUT2D eigenvalue weighted by Crippen LogP contribution is 2.30. The molecule has 0 saturated carbocycles. The van der Waals surface area contributed by atoms with E-state index in [4.69, 9.17) is 4.74 Å². The summed E-state index contributed by atoms with van der Waals surface area (Å²) in [5.41, 5.74) is 0. The molecule has 2 aliphatic rings. The Morgan fingerprint density at radius 2 is 2.29 bits per heavy atom. The lowest BCUT2D eigenvalue weighted by molar-refractivity contribution is -0.133. The minimum Gasteiger partial charge on any atom is -0.374 e. The van der Waals surface area contributed by atoms with E-state index >= 15 is 0 Å². The standard InChI is InChI=1S/C15H23N3O2S/c1-10-4-5-13(21-10)14-16-11(2)15(19)18(14)9-12-8-17(3)6-7-20-12/h4-5,11-12,14,16H,6-9H2,1-3H3. The van der Waals surface area contributed by atoms with Crippen LogP contribution in [0.5, 0.6) is 0 Å². The van der Waals surface area contributed by atoms with E-state index in [1.54, 1.807) is 11.3 Å². The Hall–Kier alpha value is -0.950. The number of hydrogen-bond donors (Lipinski definition) is 1. The van der Waals surface area contributed by atoms with Crippen molar-refractivity contribution >= 4 is 17.2 Å². The minimum atomic E-state index is -0.126. The molecular weight excluding hydrogens is 286 g/mol. The first kappa shape index (κ1) is 15.0. The third-order valence-corrected chi connectivity index (χ3v) is 5.20. The van der Waals surface area contributed by atoms with Gasteiger partial charge < -0.3 is 14.5 Å². The number of aryl methyl sites for hydroxylation is 1. The second kappa shape index (κ2) is 6.04. The lowest BCUT2D eigenvalue weighted by Gasteiger charge is -2.34. The van der Waals surface area contributed by atoms with Crippen molar-refractivity contribution < 1.29 is 9.53 Å². The second-order valence-electron chi connectivity index (χ2n) is 5.98. The summed E-state index contributed by atoms with van der Waals surface area (Å²) in [5.74, 6) is 0.169. The van der Waals surface area contributed by atoms with Crippen LogP contribution in [0.15, 0.2) is 12.1 Å². The maximum atomic E-state index is 12.4. The van der Waals surface area contributed by atoms with Crippen molar-refractivity contribution in [2.45, 2.75) is 32.2 Å². The zero-order valence-electron chi connectivity index (χ0n) is 12.8. The molecule has 2 aliphatic heterocycles. The molecule has 3 unspecified atom stereocenters. The first-order valence-electron chi connectivity index (χ1n) is 7.47. The Labute approximate surface area is 129 Å². The number of ether oxygens (including phenoxy) is 1. The van der Waals surface area contributed by atoms with Gasteiger partial charge in [0.1, 0.15) is 6.17 Å². The SMILES string of the molecule is Cc1ccc(C2NC(C)C(=O)N2CC2CN(C)CCO2)s1. The first-order chi connectivity index (χ1) is 10.0. The lowest BCUT2D eigenvalue weighted by atomic mass is 10.2. The van der Waals surface area contributed by atoms with Crippen LogP contribution in [0.4, 0.5) is 0 Å². The lowest BCUT2D eigenvalue weighted by Crippen LogP contribution is -2.47. The van der Waals surface area contributed by atoms with Crippen molar-refractivity contribution in [1.82, 2.24) is 15.1 Å². The Morgan fingerprint density at radius 3 is 2.95 bits per heavy atom. The third kappa shape index (κ3) is 3.13. The largest absolute Gasteiger partial charge is 0.374 e. The fraction of sp³-hybridized carbons (Fsp3) is 0.667. The van der Waals surface area contributed by atoms with Crippen molar-refractivity contribution in [2.75, 3.05) is 33.3 Å². The molecule has 5 nitrogen and oxygen atoms in total. The average Bonchev–Trinajstić information content (AvgIpc) is 2.98. The third-order valence-electron chi connectivity index (χ3n) is 4.15. The van der Waals surface area contributed by atoms with E-state index in [-0.39, 0.29) is 24.2 Å². The zero-order chi connectivity index (χ0) is 15.0. The van der Waals surface area contributed by atoms with E-state index in [0.29, 0.717) is 6.54 Å². The van der Waals surface area contributed by atoms with Gasteiger partial charge in [0.15, 0.2) is 0 Å². The van der Waals surface area contributed by atoms with Gasteiger partial charge in [0.2, 0.25) is 5.91 Å². The molecule has 3 heterocycles. The molecule has 0 bridgehead atoms. The van der Waals surface area contributed by atoms with Gasteiger partial charge in [-0.25, -0.2) is 0 Å². The maximum absolute atomic E-state index is 12.4. The van der Waals surface area contributed by atoms with E-state index in [0.717, 1.165) is 19.7 Å². The van der Waals surface area contributed by atoms with Crippen LogP contribution in [-0.4, -0.2) is 61.1 Å². The number of nitrogens with one attached hydrogen (secondary N) is 1. The molecule has 0 aliphatic carbocycles. The highest BCUT2D eigenvalue weighted by molar-refractivity contribution is 7.12. The fourth-order valence-electron chi connectivity index (χ4n) is 3.00. The molecule has 3 rings (SSSR count). The predicted octanol–water partition coefficient (Wildman–Crippen LogP) is 1.21. The maximum Gasteiger partial charge on any atom is 0.241 e. The molecule has 3 atom stereocenters. The monoisotopic (exact) mass is 309 g/mol. The summed E-state index contributed by atoms with van der Waals surface area (Å²) in [6, 6.07) is 4.10. The van der Waals surface area contributed by atoms with Crippen LogP contribution >= 0.6 is 11.3 Å². The topological polar surface area (TPSA) is 44.8 Å². The quantitative estimate of drug-likeness (QED) is 0.911. The average molecular weight is 309 g/mol. The van der Waals surface area contributed by atoms with E-state index in [1.165, 1.54) is 9.75 Å². The van der Waals surface area contributed by atoms with Crippen molar-refractivity contribution in [3.8, 4) is 0 Å². The number of carbonyl (C=O) groups is 1. The number of hydrogen-bond acceptors (Lipinski definition) is 5. The number of amides is 1. The summed E-state index contributed by atoms with van der Waals surface area (Å²) in [5, 5.41) is 3.40. The van der Waals surface area contributed by atoms with Gasteiger partial charge in [-0.3, -0.25) is 10.1 Å². The summed E-state index contributed by atoms with van der Waals surface area (Å²) in [6.07, 6.45) is 0.0883. The Balaban J connectivity index is 1.75. The van der Waals surface area contributed by atoms with Gasteiger partial charge in [0.25, 0.3) is 0 Å². The number of carbonyl (C=O) groups excluding carboxylic acids is 1. The highest BCUT2D eigenvalue weighted by atomic mass is 32.1. The van der Waals surface area contributed by atoms with Gasteiger partial charge in [-0.05, 0) is 33.0 Å². The van der Waals surface area contributed by atoms with Crippen molar-refractivity contribution in [3.05, 3.63) is 21.9 Å². The molecule has 1 aromatic heterocycles. The Kier molecular flexibility index (Phi) is 4.31. The van der Waals surface area contributed by atoms with E-state index in [2.05, 4.69) is 36.3 Å². The molecule has 1 amide bonds. The number of thiophene rings is 1. The van der Waals surface area contributed by atoms with Gasteiger partial charge in [-0.2, -0.15) is 0 Å². The van der Waals surface area contributed by atoms with Gasteiger partial charge in [-0.15, -0.1) is 11.3 Å². The summed E-state index contributed by atoms with van der Waals surface area (Å²) in [7, 11) is 2.10. The van der Waals surface area contributed by atoms with Crippen LogP contribution in [0.2, 0.25) is 0 Å². The van der Waals surface area contributed by atoms with E-state index in [9.17, 15) is 4.79 Å². The number of likely N-dealkylation sites (N-methyl/N-ethyl adjacent to an activating group) is 1. The van der Waals surface area contributed by atoms with E-state index in [1.807, 2.05) is 11.8 Å². The number of morpholine rings is 1. The molecule has 0 radical (unpaired) electrons. The summed E-state index contributed by atoms with van der Waals surface area (Å²) >= 11 is 1.75. The van der Waals surface area contributed by atoms with Crippen LogP contribution in [0, 0.1) is 6.92 Å². The van der Waals surface area contributed by atoms with Crippen molar-refractivity contribution in [2.24, 2.45) is 0 Å². The number of rotatable bonds is 3. The molecule has 1 N–H and O–H groups in total. The predicted molar refractivity (Wildman–Crippen MR) is 83.3 cm³/mol. The van der Waals surface area contributed by atoms with Gasteiger partial charge >= 0.3 is 0 Å². The van der Waals surface area contributed by atoms with E-state index < -0.39 is 0 Å². The van der Waals surface area contributed by atoms with Crippen LogP contribution in [0.1, 0.15) is 22.8 Å². The van der Waals surface area contributed by atoms with Crippen LogP contribution < -0.4 is 5.32 Å². The molecule has 2 saturated heterocycles. The fourth-order valence-corrected chi connectivity index (χ4v) is 3.95. The molecule has 1 aromatic rings. The van der Waals surface area contributed by atoms with Gasteiger partial charge in [0.05, 0.1) is 25.3 Å². The molecule has 21 heavy (non-hydrogen) atoms. The minimum absolute atomic E-state index is 0.0120. The van der Waals surface area contributed by atoms with Crippen LogP contribution in [0.25, 0.3) is 0 Å². The van der Waals surface area contributed by atoms with Crippen LogP contribution in [0.3, 0.4) is 0 Å². The van der Waals surface area contributed by atoms with Crippen molar-refractivity contribution in [3.63, 3.8) is 0 Å². The van der Waals surface area contributed by atoms with Gasteiger partial charge in [0, 0.05) is 22.8 Å². The molecule has 0 spiro atoms. The summed E-state index contributed by atoms with van der Waals surface area (Å²) in [6.45, 7) is 7.28. The summed E-state index contributed by atoms with van der Waals surface area (Å²) in [4.78, 5) is 19.1. The Bertz CT molecular complexity index is 519. The molecule has 6 heteroatoms. The van der Waals surface area contributed by atoms with Crippen molar-refractivity contribution in [1.29, 1.82) is 0 Å².